The predicted molar refractivity (Wildman–Crippen MR) is 92.6 cm³/mol. The van der Waals surface area contributed by atoms with E-state index in [1.807, 2.05) is 17.0 Å². The van der Waals surface area contributed by atoms with E-state index in [0.29, 0.717) is 12.1 Å². The number of carbonyl (C=O) groups excluding carboxylic acids is 1. The number of likely N-dealkylation sites (tertiary alicyclic amines) is 1. The lowest BCUT2D eigenvalue weighted by Gasteiger charge is -2.23. The van der Waals surface area contributed by atoms with Crippen LogP contribution in [-0.2, 0) is 0 Å². The fourth-order valence-electron chi connectivity index (χ4n) is 3.55. The Morgan fingerprint density at radius 2 is 1.96 bits per heavy atom. The van der Waals surface area contributed by atoms with E-state index in [1.165, 1.54) is 25.7 Å². The minimum atomic E-state index is 0.0646. The molecule has 3 rings (SSSR count). The van der Waals surface area contributed by atoms with Crippen molar-refractivity contribution in [3.05, 3.63) is 23.9 Å². The van der Waals surface area contributed by atoms with Crippen molar-refractivity contribution in [2.75, 3.05) is 37.6 Å². The molecule has 2 saturated heterocycles. The molecule has 126 valence electrons. The van der Waals surface area contributed by atoms with Gasteiger partial charge < -0.3 is 15.5 Å². The van der Waals surface area contributed by atoms with E-state index in [1.54, 1.807) is 6.20 Å². The molecule has 23 heavy (non-hydrogen) atoms. The van der Waals surface area contributed by atoms with E-state index in [0.717, 1.165) is 38.4 Å². The third-order valence-electron chi connectivity index (χ3n) is 5.26. The van der Waals surface area contributed by atoms with Gasteiger partial charge in [-0.2, -0.15) is 0 Å². The average molecular weight is 316 g/mol. The molecule has 2 N–H and O–H groups in total. The molecule has 0 radical (unpaired) electrons. The summed E-state index contributed by atoms with van der Waals surface area (Å²) < 4.78 is 0. The first-order valence-corrected chi connectivity index (χ1v) is 8.82. The van der Waals surface area contributed by atoms with Gasteiger partial charge in [-0.25, -0.2) is 4.98 Å². The van der Waals surface area contributed by atoms with Crippen molar-refractivity contribution >= 4 is 11.7 Å². The van der Waals surface area contributed by atoms with Gasteiger partial charge in [0, 0.05) is 32.4 Å². The number of nitrogens with zero attached hydrogens (tertiary/aromatic N) is 3. The molecule has 2 aliphatic heterocycles. The predicted octanol–water partition coefficient (Wildman–Crippen LogP) is 2.27. The second kappa shape index (κ2) is 6.87. The highest BCUT2D eigenvalue weighted by atomic mass is 16.2. The molecule has 2 fully saturated rings. The summed E-state index contributed by atoms with van der Waals surface area (Å²) in [5, 5.41) is 0. The standard InChI is InChI=1S/C18H28N4O/c1-18(13-19)8-11-22(14-18)17(23)15-6-7-16(20-12-15)21-9-4-2-3-5-10-21/h6-7,12H,2-5,8-11,13-14,19H2,1H3. The Labute approximate surface area is 138 Å². The van der Waals surface area contributed by atoms with Crippen molar-refractivity contribution in [2.24, 2.45) is 11.1 Å². The SMILES string of the molecule is CC1(CN)CCN(C(=O)c2ccc(N3CCCCCC3)nc2)C1. The number of aromatic nitrogens is 1. The van der Waals surface area contributed by atoms with Crippen molar-refractivity contribution in [3.63, 3.8) is 0 Å². The van der Waals surface area contributed by atoms with Gasteiger partial charge in [0.1, 0.15) is 5.82 Å². The van der Waals surface area contributed by atoms with Crippen LogP contribution in [0.4, 0.5) is 5.82 Å². The van der Waals surface area contributed by atoms with Crippen LogP contribution in [0, 0.1) is 5.41 Å². The van der Waals surface area contributed by atoms with Crippen molar-refractivity contribution < 1.29 is 4.79 Å². The molecule has 2 aliphatic rings. The third kappa shape index (κ3) is 3.66. The summed E-state index contributed by atoms with van der Waals surface area (Å²) >= 11 is 0. The second-order valence-corrected chi connectivity index (χ2v) is 7.30. The fraction of sp³-hybridized carbons (Fsp3) is 0.667. The Morgan fingerprint density at radius 3 is 2.52 bits per heavy atom. The van der Waals surface area contributed by atoms with E-state index in [-0.39, 0.29) is 11.3 Å². The van der Waals surface area contributed by atoms with Crippen molar-refractivity contribution in [2.45, 2.75) is 39.0 Å². The zero-order valence-corrected chi connectivity index (χ0v) is 14.1. The Hall–Kier alpha value is -1.62. The summed E-state index contributed by atoms with van der Waals surface area (Å²) in [6.45, 7) is 6.46. The number of pyridine rings is 1. The molecular weight excluding hydrogens is 288 g/mol. The topological polar surface area (TPSA) is 62.5 Å². The van der Waals surface area contributed by atoms with Crippen LogP contribution in [0.2, 0.25) is 0 Å². The van der Waals surface area contributed by atoms with E-state index in [4.69, 9.17) is 5.73 Å². The number of carbonyl (C=O) groups is 1. The number of rotatable bonds is 3. The van der Waals surface area contributed by atoms with Crippen molar-refractivity contribution in [1.82, 2.24) is 9.88 Å². The molecule has 1 unspecified atom stereocenters. The number of amides is 1. The van der Waals surface area contributed by atoms with Crippen LogP contribution < -0.4 is 10.6 Å². The van der Waals surface area contributed by atoms with E-state index in [2.05, 4.69) is 16.8 Å². The van der Waals surface area contributed by atoms with Gasteiger partial charge >= 0.3 is 0 Å². The first-order valence-electron chi connectivity index (χ1n) is 8.82. The highest BCUT2D eigenvalue weighted by Crippen LogP contribution is 2.29. The lowest BCUT2D eigenvalue weighted by atomic mass is 9.90. The van der Waals surface area contributed by atoms with Gasteiger partial charge in [0.25, 0.3) is 5.91 Å². The van der Waals surface area contributed by atoms with Crippen molar-refractivity contribution in [3.8, 4) is 0 Å². The van der Waals surface area contributed by atoms with Crippen LogP contribution in [0.1, 0.15) is 49.4 Å². The van der Waals surface area contributed by atoms with Gasteiger partial charge in [0.15, 0.2) is 0 Å². The zero-order valence-electron chi connectivity index (χ0n) is 14.1. The van der Waals surface area contributed by atoms with Crippen molar-refractivity contribution in [1.29, 1.82) is 0 Å². The summed E-state index contributed by atoms with van der Waals surface area (Å²) in [6, 6.07) is 3.92. The maximum Gasteiger partial charge on any atom is 0.255 e. The molecule has 0 saturated carbocycles. The minimum Gasteiger partial charge on any atom is -0.357 e. The molecule has 1 aromatic rings. The second-order valence-electron chi connectivity index (χ2n) is 7.30. The molecule has 1 aromatic heterocycles. The minimum absolute atomic E-state index is 0.0646. The van der Waals surface area contributed by atoms with Gasteiger partial charge in [0.05, 0.1) is 5.56 Å². The Kier molecular flexibility index (Phi) is 4.85. The molecule has 0 aromatic carbocycles. The Balaban J connectivity index is 1.66. The number of anilines is 1. The first kappa shape index (κ1) is 16.2. The molecule has 3 heterocycles. The van der Waals surface area contributed by atoms with Gasteiger partial charge in [-0.15, -0.1) is 0 Å². The average Bonchev–Trinajstić information content (AvgIpc) is 2.80. The quantitative estimate of drug-likeness (QED) is 0.929. The molecule has 5 nitrogen and oxygen atoms in total. The van der Waals surface area contributed by atoms with Crippen LogP contribution in [0.25, 0.3) is 0 Å². The molecular formula is C18H28N4O. The smallest absolute Gasteiger partial charge is 0.255 e. The maximum atomic E-state index is 12.6. The van der Waals surface area contributed by atoms with Crippen LogP contribution >= 0.6 is 0 Å². The normalized spacial score (nSPS) is 25.5. The molecule has 0 bridgehead atoms. The molecule has 1 atom stereocenters. The van der Waals surface area contributed by atoms with Gasteiger partial charge in [-0.1, -0.05) is 19.8 Å². The molecule has 5 heteroatoms. The first-order chi connectivity index (χ1) is 11.1. The lowest BCUT2D eigenvalue weighted by molar-refractivity contribution is 0.0776. The molecule has 1 amide bonds. The lowest BCUT2D eigenvalue weighted by Crippen LogP contribution is -2.34. The van der Waals surface area contributed by atoms with Crippen LogP contribution in [0.5, 0.6) is 0 Å². The largest absolute Gasteiger partial charge is 0.357 e. The summed E-state index contributed by atoms with van der Waals surface area (Å²) in [5.74, 6) is 1.08. The van der Waals surface area contributed by atoms with Gasteiger partial charge in [0.2, 0.25) is 0 Å². The van der Waals surface area contributed by atoms with Crippen LogP contribution in [-0.4, -0.2) is 48.5 Å². The Morgan fingerprint density at radius 1 is 1.22 bits per heavy atom. The third-order valence-corrected chi connectivity index (χ3v) is 5.26. The number of hydrogen-bond donors (Lipinski definition) is 1. The highest BCUT2D eigenvalue weighted by molar-refractivity contribution is 5.94. The molecule has 0 aliphatic carbocycles. The number of nitrogens with two attached hydrogens (primary N) is 1. The summed E-state index contributed by atoms with van der Waals surface area (Å²) in [5.41, 5.74) is 6.58. The monoisotopic (exact) mass is 316 g/mol. The summed E-state index contributed by atoms with van der Waals surface area (Å²) in [4.78, 5) is 21.4. The summed E-state index contributed by atoms with van der Waals surface area (Å²) in [7, 11) is 0. The number of hydrogen-bond acceptors (Lipinski definition) is 4. The van der Waals surface area contributed by atoms with E-state index >= 15 is 0 Å². The fourth-order valence-corrected chi connectivity index (χ4v) is 3.55. The summed E-state index contributed by atoms with van der Waals surface area (Å²) in [6.07, 6.45) is 7.79. The van der Waals surface area contributed by atoms with E-state index < -0.39 is 0 Å². The maximum absolute atomic E-state index is 12.6. The Bertz CT molecular complexity index is 536. The molecule has 0 spiro atoms. The van der Waals surface area contributed by atoms with Gasteiger partial charge in [-0.3, -0.25) is 4.79 Å². The van der Waals surface area contributed by atoms with E-state index in [9.17, 15) is 4.79 Å². The highest BCUT2D eigenvalue weighted by Gasteiger charge is 2.35. The van der Waals surface area contributed by atoms with Gasteiger partial charge in [-0.05, 0) is 43.4 Å². The van der Waals surface area contributed by atoms with Crippen LogP contribution in [0.3, 0.4) is 0 Å². The van der Waals surface area contributed by atoms with Crippen LogP contribution in [0.15, 0.2) is 18.3 Å². The zero-order chi connectivity index (χ0) is 16.3.